The predicted molar refractivity (Wildman–Crippen MR) is 32.6 cm³/mol. The maximum absolute atomic E-state index is 10.5. The highest BCUT2D eigenvalue weighted by Crippen LogP contribution is 2.20. The minimum absolute atomic E-state index is 0.0451. The molecule has 0 aliphatic carbocycles. The second-order valence-corrected chi connectivity index (χ2v) is 4.37. The van der Waals surface area contributed by atoms with E-state index in [1.165, 1.54) is 7.11 Å². The van der Waals surface area contributed by atoms with Crippen LogP contribution in [0.4, 0.5) is 0 Å². The lowest BCUT2D eigenvalue weighted by Gasteiger charge is -2.35. The van der Waals surface area contributed by atoms with Gasteiger partial charge in [0.25, 0.3) is 0 Å². The monoisotopic (exact) mass is 151 g/mol. The molecule has 0 radical (unpaired) electrons. The Kier molecular flexibility index (Phi) is 1.30. The van der Waals surface area contributed by atoms with Crippen molar-refractivity contribution < 1.29 is 13.2 Å². The van der Waals surface area contributed by atoms with Crippen molar-refractivity contribution in [2.45, 2.75) is 5.72 Å². The van der Waals surface area contributed by atoms with Crippen molar-refractivity contribution in [3.63, 3.8) is 0 Å². The zero-order valence-corrected chi connectivity index (χ0v) is 5.94. The molecule has 0 atom stereocenters. The highest BCUT2D eigenvalue weighted by molar-refractivity contribution is 7.93. The van der Waals surface area contributed by atoms with E-state index >= 15 is 0 Å². The average molecular weight is 151 g/mol. The molecule has 2 N–H and O–H groups in total. The van der Waals surface area contributed by atoms with Gasteiger partial charge in [0.1, 0.15) is 5.72 Å². The van der Waals surface area contributed by atoms with E-state index in [1.807, 2.05) is 0 Å². The standard InChI is InChI=1S/C4H9NO3S/c1-8-4(5)2-9(6,7)3-4/h2-3,5H2,1H3. The summed E-state index contributed by atoms with van der Waals surface area (Å²) in [6.07, 6.45) is 0. The molecule has 0 aromatic heterocycles. The van der Waals surface area contributed by atoms with Crippen LogP contribution in [-0.2, 0) is 14.6 Å². The Morgan fingerprint density at radius 2 is 2.00 bits per heavy atom. The summed E-state index contributed by atoms with van der Waals surface area (Å²) in [6.45, 7) is 0. The summed E-state index contributed by atoms with van der Waals surface area (Å²) in [6, 6.07) is 0. The quantitative estimate of drug-likeness (QED) is 0.474. The van der Waals surface area contributed by atoms with Gasteiger partial charge in [-0.3, -0.25) is 0 Å². The number of hydrogen-bond acceptors (Lipinski definition) is 4. The molecule has 1 aliphatic heterocycles. The maximum atomic E-state index is 10.5. The van der Waals surface area contributed by atoms with Crippen LogP contribution in [0.25, 0.3) is 0 Å². The SMILES string of the molecule is COC1(N)CS(=O)(=O)C1. The lowest BCUT2D eigenvalue weighted by molar-refractivity contribution is 0.0217. The third kappa shape index (κ3) is 1.23. The first kappa shape index (κ1) is 6.98. The highest BCUT2D eigenvalue weighted by atomic mass is 32.2. The van der Waals surface area contributed by atoms with Gasteiger partial charge in [-0.05, 0) is 0 Å². The van der Waals surface area contributed by atoms with Crippen LogP contribution < -0.4 is 5.73 Å². The first-order valence-electron chi connectivity index (χ1n) is 2.52. The predicted octanol–water partition coefficient (Wildman–Crippen LogP) is -1.28. The van der Waals surface area contributed by atoms with Crippen molar-refractivity contribution in [3.8, 4) is 0 Å². The van der Waals surface area contributed by atoms with Crippen molar-refractivity contribution in [3.05, 3.63) is 0 Å². The van der Waals surface area contributed by atoms with Crippen LogP contribution in [0, 0.1) is 0 Å². The van der Waals surface area contributed by atoms with E-state index in [2.05, 4.69) is 0 Å². The number of sulfone groups is 1. The average Bonchev–Trinajstić information content (AvgIpc) is 1.61. The van der Waals surface area contributed by atoms with Crippen molar-refractivity contribution in [1.29, 1.82) is 0 Å². The summed E-state index contributed by atoms with van der Waals surface area (Å²) in [5.41, 5.74) is 4.49. The van der Waals surface area contributed by atoms with Gasteiger partial charge < -0.3 is 10.5 Å². The van der Waals surface area contributed by atoms with E-state index in [0.29, 0.717) is 0 Å². The number of nitrogens with two attached hydrogens (primary N) is 1. The van der Waals surface area contributed by atoms with Gasteiger partial charge in [0.2, 0.25) is 0 Å². The van der Waals surface area contributed by atoms with Gasteiger partial charge in [-0.2, -0.15) is 0 Å². The Bertz CT molecular complexity index is 196. The normalized spacial score (nSPS) is 29.1. The summed E-state index contributed by atoms with van der Waals surface area (Å²) in [5.74, 6) is -0.0903. The van der Waals surface area contributed by atoms with Gasteiger partial charge in [0.15, 0.2) is 9.84 Å². The summed E-state index contributed by atoms with van der Waals surface area (Å²) in [5, 5.41) is 0. The summed E-state index contributed by atoms with van der Waals surface area (Å²) in [4.78, 5) is 0. The van der Waals surface area contributed by atoms with Gasteiger partial charge in [-0.15, -0.1) is 0 Å². The fourth-order valence-electron chi connectivity index (χ4n) is 0.820. The third-order valence-electron chi connectivity index (χ3n) is 1.33. The molecule has 1 heterocycles. The molecular formula is C4H9NO3S. The fourth-order valence-corrected chi connectivity index (χ4v) is 2.46. The van der Waals surface area contributed by atoms with Crippen LogP contribution in [0.3, 0.4) is 0 Å². The Hall–Kier alpha value is -0.130. The van der Waals surface area contributed by atoms with Crippen molar-refractivity contribution in [1.82, 2.24) is 0 Å². The van der Waals surface area contributed by atoms with Crippen LogP contribution in [0.2, 0.25) is 0 Å². The number of ether oxygens (including phenoxy) is 1. The fraction of sp³-hybridized carbons (Fsp3) is 1.00. The summed E-state index contributed by atoms with van der Waals surface area (Å²) in [7, 11) is -1.44. The molecule has 0 aromatic carbocycles. The van der Waals surface area contributed by atoms with E-state index in [1.54, 1.807) is 0 Å². The molecule has 0 saturated carbocycles. The van der Waals surface area contributed by atoms with Crippen molar-refractivity contribution in [2.75, 3.05) is 18.6 Å². The van der Waals surface area contributed by atoms with Crippen LogP contribution in [0.1, 0.15) is 0 Å². The Morgan fingerprint density at radius 1 is 1.56 bits per heavy atom. The highest BCUT2D eigenvalue weighted by Gasteiger charge is 2.45. The molecule has 1 rings (SSSR count). The number of methoxy groups -OCH3 is 1. The van der Waals surface area contributed by atoms with Gasteiger partial charge in [-0.25, -0.2) is 8.42 Å². The minimum atomic E-state index is -2.85. The van der Waals surface area contributed by atoms with Gasteiger partial charge >= 0.3 is 0 Å². The molecule has 0 bridgehead atoms. The van der Waals surface area contributed by atoms with E-state index in [0.717, 1.165) is 0 Å². The zero-order valence-electron chi connectivity index (χ0n) is 5.12. The first-order chi connectivity index (χ1) is 3.97. The molecule has 1 saturated heterocycles. The lowest BCUT2D eigenvalue weighted by Crippen LogP contribution is -2.62. The smallest absolute Gasteiger partial charge is 0.158 e. The molecule has 1 fully saturated rings. The third-order valence-corrected chi connectivity index (χ3v) is 3.19. The Labute approximate surface area is 53.9 Å². The molecule has 4 nitrogen and oxygen atoms in total. The lowest BCUT2D eigenvalue weighted by atomic mass is 10.3. The number of rotatable bonds is 1. The molecule has 0 aromatic rings. The van der Waals surface area contributed by atoms with Crippen molar-refractivity contribution >= 4 is 9.84 Å². The van der Waals surface area contributed by atoms with E-state index in [-0.39, 0.29) is 11.5 Å². The Balaban J connectivity index is 2.61. The molecule has 5 heteroatoms. The molecule has 0 unspecified atom stereocenters. The van der Waals surface area contributed by atoms with Gasteiger partial charge in [-0.1, -0.05) is 0 Å². The second kappa shape index (κ2) is 1.68. The topological polar surface area (TPSA) is 69.4 Å². The first-order valence-corrected chi connectivity index (χ1v) is 4.34. The van der Waals surface area contributed by atoms with Crippen molar-refractivity contribution in [2.24, 2.45) is 5.73 Å². The number of hydrogen-bond donors (Lipinski definition) is 1. The largest absolute Gasteiger partial charge is 0.362 e. The van der Waals surface area contributed by atoms with Gasteiger partial charge in [0.05, 0.1) is 11.5 Å². The summed E-state index contributed by atoms with van der Waals surface area (Å²) < 4.78 is 25.7. The molecule has 9 heavy (non-hydrogen) atoms. The van der Waals surface area contributed by atoms with Crippen LogP contribution in [0.15, 0.2) is 0 Å². The molecule has 0 spiro atoms. The Morgan fingerprint density at radius 3 is 2.11 bits per heavy atom. The van der Waals surface area contributed by atoms with Crippen LogP contribution >= 0.6 is 0 Å². The molecule has 0 amide bonds. The maximum Gasteiger partial charge on any atom is 0.158 e. The minimum Gasteiger partial charge on any atom is -0.362 e. The molecular weight excluding hydrogens is 142 g/mol. The molecule has 1 aliphatic rings. The van der Waals surface area contributed by atoms with Crippen LogP contribution in [0.5, 0.6) is 0 Å². The van der Waals surface area contributed by atoms with E-state index in [4.69, 9.17) is 10.5 Å². The zero-order chi connectivity index (χ0) is 7.12. The molecule has 54 valence electrons. The van der Waals surface area contributed by atoms with E-state index in [9.17, 15) is 8.42 Å². The van der Waals surface area contributed by atoms with Crippen LogP contribution in [-0.4, -0.2) is 32.8 Å². The van der Waals surface area contributed by atoms with E-state index < -0.39 is 15.6 Å². The second-order valence-electron chi connectivity index (χ2n) is 2.30. The summed E-state index contributed by atoms with van der Waals surface area (Å²) >= 11 is 0. The van der Waals surface area contributed by atoms with Gasteiger partial charge in [0, 0.05) is 7.11 Å².